The van der Waals surface area contributed by atoms with Gasteiger partial charge in [-0.15, -0.1) is 11.3 Å². The highest BCUT2D eigenvalue weighted by Gasteiger charge is 2.16. The first kappa shape index (κ1) is 11.9. The molecule has 0 saturated heterocycles. The Kier molecular flexibility index (Phi) is 2.84. The third-order valence-corrected chi connectivity index (χ3v) is 4.31. The topological polar surface area (TPSA) is 43.1 Å². The molecule has 19 heavy (non-hydrogen) atoms. The van der Waals surface area contributed by atoms with Crippen molar-refractivity contribution in [3.05, 3.63) is 64.5 Å². The SMILES string of the molecule is Cc1c(N)cccc1C(=O)c1csc2ccccc12. The summed E-state index contributed by atoms with van der Waals surface area (Å²) in [5, 5.41) is 2.94. The maximum absolute atomic E-state index is 12.6. The molecule has 1 heterocycles. The summed E-state index contributed by atoms with van der Waals surface area (Å²) in [4.78, 5) is 12.6. The highest BCUT2D eigenvalue weighted by molar-refractivity contribution is 7.17. The van der Waals surface area contributed by atoms with Crippen LogP contribution in [0, 0.1) is 6.92 Å². The van der Waals surface area contributed by atoms with Gasteiger partial charge in [0.15, 0.2) is 5.78 Å². The Bertz CT molecular complexity index is 773. The van der Waals surface area contributed by atoms with E-state index in [2.05, 4.69) is 0 Å². The number of ketones is 1. The van der Waals surface area contributed by atoms with Gasteiger partial charge in [0.25, 0.3) is 0 Å². The van der Waals surface area contributed by atoms with E-state index in [0.29, 0.717) is 11.3 Å². The van der Waals surface area contributed by atoms with Crippen LogP contribution in [-0.4, -0.2) is 5.78 Å². The van der Waals surface area contributed by atoms with Gasteiger partial charge in [-0.05, 0) is 24.6 Å². The van der Waals surface area contributed by atoms with E-state index in [1.54, 1.807) is 11.3 Å². The van der Waals surface area contributed by atoms with E-state index in [1.807, 2.05) is 54.8 Å². The van der Waals surface area contributed by atoms with Crippen LogP contribution in [0.4, 0.5) is 5.69 Å². The van der Waals surface area contributed by atoms with Crippen molar-refractivity contribution in [2.45, 2.75) is 6.92 Å². The second kappa shape index (κ2) is 4.52. The number of hydrogen-bond acceptors (Lipinski definition) is 3. The number of carbonyl (C=O) groups is 1. The number of anilines is 1. The van der Waals surface area contributed by atoms with E-state index < -0.39 is 0 Å². The highest BCUT2D eigenvalue weighted by Crippen LogP contribution is 2.29. The predicted molar refractivity (Wildman–Crippen MR) is 80.8 cm³/mol. The number of hydrogen-bond donors (Lipinski definition) is 1. The van der Waals surface area contributed by atoms with Crippen LogP contribution in [0.3, 0.4) is 0 Å². The van der Waals surface area contributed by atoms with Gasteiger partial charge in [0.1, 0.15) is 0 Å². The molecule has 0 unspecified atom stereocenters. The van der Waals surface area contributed by atoms with Gasteiger partial charge in [-0.3, -0.25) is 4.79 Å². The average molecular weight is 267 g/mol. The lowest BCUT2D eigenvalue weighted by molar-refractivity contribution is 0.104. The largest absolute Gasteiger partial charge is 0.398 e. The first-order chi connectivity index (χ1) is 9.18. The molecule has 0 aliphatic rings. The molecule has 0 aliphatic heterocycles. The molecule has 0 fully saturated rings. The Labute approximate surface area is 115 Å². The Morgan fingerprint density at radius 2 is 1.84 bits per heavy atom. The summed E-state index contributed by atoms with van der Waals surface area (Å²) in [6, 6.07) is 13.4. The van der Waals surface area contributed by atoms with Crippen LogP contribution >= 0.6 is 11.3 Å². The fourth-order valence-corrected chi connectivity index (χ4v) is 3.14. The number of carbonyl (C=O) groups excluding carboxylic acids is 1. The maximum atomic E-state index is 12.6. The lowest BCUT2D eigenvalue weighted by Crippen LogP contribution is -2.04. The summed E-state index contributed by atoms with van der Waals surface area (Å²) < 4.78 is 1.13. The quantitative estimate of drug-likeness (QED) is 0.563. The van der Waals surface area contributed by atoms with Crippen molar-refractivity contribution in [1.29, 1.82) is 0 Å². The lowest BCUT2D eigenvalue weighted by atomic mass is 9.98. The van der Waals surface area contributed by atoms with Crippen LogP contribution in [0.2, 0.25) is 0 Å². The lowest BCUT2D eigenvalue weighted by Gasteiger charge is -2.06. The van der Waals surface area contributed by atoms with Gasteiger partial charge in [-0.2, -0.15) is 0 Å². The number of benzene rings is 2. The molecular weight excluding hydrogens is 254 g/mol. The minimum Gasteiger partial charge on any atom is -0.398 e. The zero-order valence-electron chi connectivity index (χ0n) is 10.5. The number of fused-ring (bicyclic) bond motifs is 1. The summed E-state index contributed by atoms with van der Waals surface area (Å²) in [7, 11) is 0. The summed E-state index contributed by atoms with van der Waals surface area (Å²) >= 11 is 1.59. The van der Waals surface area contributed by atoms with Gasteiger partial charge in [0.2, 0.25) is 0 Å². The third kappa shape index (κ3) is 1.92. The van der Waals surface area contributed by atoms with E-state index in [-0.39, 0.29) is 5.78 Å². The highest BCUT2D eigenvalue weighted by atomic mass is 32.1. The summed E-state index contributed by atoms with van der Waals surface area (Å²) in [6.45, 7) is 1.89. The number of nitrogens with two attached hydrogens (primary N) is 1. The van der Waals surface area contributed by atoms with Gasteiger partial charge in [-0.25, -0.2) is 0 Å². The molecule has 0 atom stereocenters. The van der Waals surface area contributed by atoms with Crippen molar-refractivity contribution in [1.82, 2.24) is 0 Å². The van der Waals surface area contributed by atoms with Crippen molar-refractivity contribution < 1.29 is 4.79 Å². The second-order valence-corrected chi connectivity index (χ2v) is 5.41. The van der Waals surface area contributed by atoms with Crippen molar-refractivity contribution in [2.24, 2.45) is 0 Å². The van der Waals surface area contributed by atoms with Crippen molar-refractivity contribution in [2.75, 3.05) is 5.73 Å². The monoisotopic (exact) mass is 267 g/mol. The van der Waals surface area contributed by atoms with E-state index in [1.165, 1.54) is 0 Å². The van der Waals surface area contributed by atoms with Crippen molar-refractivity contribution in [3.63, 3.8) is 0 Å². The van der Waals surface area contributed by atoms with Crippen molar-refractivity contribution in [3.8, 4) is 0 Å². The smallest absolute Gasteiger partial charge is 0.194 e. The van der Waals surface area contributed by atoms with Crippen LogP contribution in [-0.2, 0) is 0 Å². The van der Waals surface area contributed by atoms with Gasteiger partial charge in [0, 0.05) is 32.3 Å². The first-order valence-corrected chi connectivity index (χ1v) is 6.92. The molecule has 0 radical (unpaired) electrons. The summed E-state index contributed by atoms with van der Waals surface area (Å²) in [5.74, 6) is 0.0437. The molecule has 3 rings (SSSR count). The third-order valence-electron chi connectivity index (χ3n) is 3.35. The Balaban J connectivity index is 2.17. The molecule has 0 bridgehead atoms. The van der Waals surface area contributed by atoms with Crippen LogP contribution in [0.15, 0.2) is 47.8 Å². The van der Waals surface area contributed by atoms with E-state index >= 15 is 0 Å². The molecule has 3 heteroatoms. The van der Waals surface area contributed by atoms with E-state index in [9.17, 15) is 4.79 Å². The number of thiophene rings is 1. The molecule has 2 aromatic carbocycles. The number of rotatable bonds is 2. The fraction of sp³-hybridized carbons (Fsp3) is 0.0625. The molecular formula is C16H13NOS. The van der Waals surface area contributed by atoms with Gasteiger partial charge >= 0.3 is 0 Å². The fourth-order valence-electron chi connectivity index (χ4n) is 2.20. The van der Waals surface area contributed by atoms with Crippen LogP contribution in [0.1, 0.15) is 21.5 Å². The Morgan fingerprint density at radius 1 is 1.05 bits per heavy atom. The minimum absolute atomic E-state index is 0.0437. The Morgan fingerprint density at radius 3 is 2.68 bits per heavy atom. The zero-order chi connectivity index (χ0) is 13.4. The summed E-state index contributed by atoms with van der Waals surface area (Å²) in [6.07, 6.45) is 0. The van der Waals surface area contributed by atoms with Crippen LogP contribution in [0.5, 0.6) is 0 Å². The molecule has 94 valence electrons. The normalized spacial score (nSPS) is 10.8. The predicted octanol–water partition coefficient (Wildman–Crippen LogP) is 4.02. The molecule has 3 aromatic rings. The van der Waals surface area contributed by atoms with Gasteiger partial charge in [0.05, 0.1) is 0 Å². The van der Waals surface area contributed by atoms with Crippen LogP contribution < -0.4 is 5.73 Å². The second-order valence-electron chi connectivity index (χ2n) is 4.49. The van der Waals surface area contributed by atoms with Crippen molar-refractivity contribution >= 4 is 32.9 Å². The standard InChI is InChI=1S/C16H13NOS/c1-10-11(6-4-7-14(10)17)16(18)13-9-19-15-8-3-2-5-12(13)15/h2-9H,17H2,1H3. The zero-order valence-corrected chi connectivity index (χ0v) is 11.3. The maximum Gasteiger partial charge on any atom is 0.194 e. The molecule has 0 saturated carbocycles. The molecule has 2 nitrogen and oxygen atoms in total. The van der Waals surface area contributed by atoms with E-state index in [0.717, 1.165) is 21.2 Å². The number of nitrogen functional groups attached to an aromatic ring is 1. The molecule has 0 aliphatic carbocycles. The van der Waals surface area contributed by atoms with Gasteiger partial charge < -0.3 is 5.73 Å². The molecule has 0 amide bonds. The van der Waals surface area contributed by atoms with E-state index in [4.69, 9.17) is 5.73 Å². The first-order valence-electron chi connectivity index (χ1n) is 6.04. The molecule has 1 aromatic heterocycles. The Hall–Kier alpha value is -2.13. The summed E-state index contributed by atoms with van der Waals surface area (Å²) in [5.41, 5.74) is 8.82. The minimum atomic E-state index is 0.0437. The van der Waals surface area contributed by atoms with Gasteiger partial charge in [-0.1, -0.05) is 30.3 Å². The van der Waals surface area contributed by atoms with Crippen LogP contribution in [0.25, 0.3) is 10.1 Å². The molecule has 2 N–H and O–H groups in total. The molecule has 0 spiro atoms. The average Bonchev–Trinajstić information content (AvgIpc) is 2.85.